The zero-order valence-electron chi connectivity index (χ0n) is 14.8. The van der Waals surface area contributed by atoms with Crippen molar-refractivity contribution in [3.8, 4) is 0 Å². The van der Waals surface area contributed by atoms with Crippen molar-refractivity contribution in [2.24, 2.45) is 23.7 Å². The van der Waals surface area contributed by atoms with Crippen LogP contribution in [-0.2, 0) is 9.59 Å². The normalized spacial score (nSPS) is 27.4. The predicted molar refractivity (Wildman–Crippen MR) is 101 cm³/mol. The van der Waals surface area contributed by atoms with Crippen LogP contribution in [0.2, 0.25) is 0 Å². The van der Waals surface area contributed by atoms with Gasteiger partial charge in [-0.25, -0.2) is 4.39 Å². The van der Waals surface area contributed by atoms with E-state index in [1.54, 1.807) is 24.3 Å². The lowest BCUT2D eigenvalue weighted by Crippen LogP contribution is -2.32. The summed E-state index contributed by atoms with van der Waals surface area (Å²) in [4.78, 5) is 39.3. The molecule has 0 radical (unpaired) electrons. The summed E-state index contributed by atoms with van der Waals surface area (Å²) < 4.78 is 13.0. The van der Waals surface area contributed by atoms with Crippen molar-refractivity contribution in [2.75, 3.05) is 10.2 Å². The number of nitrogens with one attached hydrogen (secondary N) is 1. The Morgan fingerprint density at radius 1 is 0.893 bits per heavy atom. The highest BCUT2D eigenvalue weighted by Gasteiger charge is 2.59. The van der Waals surface area contributed by atoms with Crippen LogP contribution in [0.15, 0.2) is 60.7 Å². The number of hydrogen-bond donors (Lipinski definition) is 1. The van der Waals surface area contributed by atoms with E-state index in [2.05, 4.69) is 17.5 Å². The van der Waals surface area contributed by atoms with E-state index in [1.807, 2.05) is 0 Å². The molecule has 5 nitrogen and oxygen atoms in total. The van der Waals surface area contributed by atoms with E-state index < -0.39 is 0 Å². The van der Waals surface area contributed by atoms with Gasteiger partial charge in [0.1, 0.15) is 5.82 Å². The Kier molecular flexibility index (Phi) is 3.69. The number of imide groups is 1. The Balaban J connectivity index is 1.34. The minimum absolute atomic E-state index is 0.143. The molecule has 2 aromatic rings. The second-order valence-electron chi connectivity index (χ2n) is 7.52. The molecule has 1 saturated heterocycles. The number of hydrogen-bond acceptors (Lipinski definition) is 3. The van der Waals surface area contributed by atoms with Gasteiger partial charge in [0.15, 0.2) is 0 Å². The lowest BCUT2D eigenvalue weighted by Gasteiger charge is -2.17. The molecule has 2 bridgehead atoms. The predicted octanol–water partition coefficient (Wildman–Crippen LogP) is 3.39. The zero-order valence-corrected chi connectivity index (χ0v) is 14.8. The Hall–Kier alpha value is -3.28. The van der Waals surface area contributed by atoms with E-state index in [1.165, 1.54) is 29.2 Å². The van der Waals surface area contributed by atoms with Crippen LogP contribution >= 0.6 is 0 Å². The smallest absolute Gasteiger partial charge is 0.255 e. The second-order valence-corrected chi connectivity index (χ2v) is 7.52. The summed E-state index contributed by atoms with van der Waals surface area (Å²) >= 11 is 0. The average Bonchev–Trinajstić information content (AvgIpc) is 3.38. The highest BCUT2D eigenvalue weighted by molar-refractivity contribution is 6.23. The van der Waals surface area contributed by atoms with Crippen LogP contribution in [0.4, 0.5) is 15.8 Å². The van der Waals surface area contributed by atoms with Gasteiger partial charge in [0.25, 0.3) is 5.91 Å². The summed E-state index contributed by atoms with van der Waals surface area (Å²) in [5, 5.41) is 2.68. The molecule has 3 aliphatic rings. The molecule has 1 aliphatic heterocycles. The monoisotopic (exact) mass is 376 g/mol. The van der Waals surface area contributed by atoms with Crippen LogP contribution < -0.4 is 10.2 Å². The molecule has 2 aliphatic carbocycles. The van der Waals surface area contributed by atoms with Crippen molar-refractivity contribution >= 4 is 29.1 Å². The maximum atomic E-state index is 13.0. The Morgan fingerprint density at radius 2 is 1.46 bits per heavy atom. The number of benzene rings is 2. The van der Waals surface area contributed by atoms with Crippen molar-refractivity contribution in [2.45, 2.75) is 6.42 Å². The number of allylic oxidation sites excluding steroid dienone is 2. The van der Waals surface area contributed by atoms with Crippen molar-refractivity contribution in [3.63, 3.8) is 0 Å². The molecular formula is C22H17FN2O3. The van der Waals surface area contributed by atoms with Crippen molar-refractivity contribution < 1.29 is 18.8 Å². The van der Waals surface area contributed by atoms with Crippen molar-refractivity contribution in [1.82, 2.24) is 0 Å². The molecule has 4 atom stereocenters. The Morgan fingerprint density at radius 3 is 2.04 bits per heavy atom. The number of anilines is 2. The molecule has 6 heteroatoms. The fourth-order valence-corrected chi connectivity index (χ4v) is 4.66. The van der Waals surface area contributed by atoms with Gasteiger partial charge in [-0.1, -0.05) is 12.2 Å². The minimum atomic E-state index is -0.379. The Labute approximate surface area is 160 Å². The number of nitrogens with zero attached hydrogens (tertiary/aromatic N) is 1. The molecule has 140 valence electrons. The summed E-state index contributed by atoms with van der Waals surface area (Å²) in [6.07, 6.45) is 5.01. The van der Waals surface area contributed by atoms with Gasteiger partial charge < -0.3 is 5.32 Å². The molecule has 2 aromatic carbocycles. The van der Waals surface area contributed by atoms with E-state index in [0.29, 0.717) is 16.9 Å². The molecule has 5 rings (SSSR count). The van der Waals surface area contributed by atoms with Crippen LogP contribution in [0, 0.1) is 29.5 Å². The van der Waals surface area contributed by atoms with Gasteiger partial charge in [-0.15, -0.1) is 0 Å². The first-order valence-electron chi connectivity index (χ1n) is 9.26. The zero-order chi connectivity index (χ0) is 19.4. The number of halogens is 1. The van der Waals surface area contributed by atoms with Crippen molar-refractivity contribution in [3.05, 3.63) is 72.1 Å². The van der Waals surface area contributed by atoms with E-state index in [0.717, 1.165) is 6.42 Å². The number of carbonyl (C=O) groups is 3. The SMILES string of the molecule is O=C(Nc1ccc(F)cc1)c1ccc(N2C(=O)[C@@H]3[C@H](C2=O)[C@@H]2C=C[C@H]3C2)cc1. The summed E-state index contributed by atoms with van der Waals surface area (Å²) in [6, 6.07) is 11.9. The van der Waals surface area contributed by atoms with E-state index in [4.69, 9.17) is 0 Å². The average molecular weight is 376 g/mol. The number of fused-ring (bicyclic) bond motifs is 5. The number of rotatable bonds is 3. The third kappa shape index (κ3) is 2.48. The third-order valence-corrected chi connectivity index (χ3v) is 5.96. The highest BCUT2D eigenvalue weighted by Crippen LogP contribution is 2.53. The summed E-state index contributed by atoms with van der Waals surface area (Å²) in [5.74, 6) is -1.18. The molecule has 0 spiro atoms. The van der Waals surface area contributed by atoms with Crippen LogP contribution in [0.3, 0.4) is 0 Å². The van der Waals surface area contributed by atoms with Gasteiger partial charge in [0.2, 0.25) is 11.8 Å². The van der Waals surface area contributed by atoms with Gasteiger partial charge in [-0.3, -0.25) is 19.3 Å². The van der Waals surface area contributed by atoms with Gasteiger partial charge in [-0.2, -0.15) is 0 Å². The third-order valence-electron chi connectivity index (χ3n) is 5.96. The standard InChI is InChI=1S/C22H17FN2O3/c23-15-5-7-16(8-6-15)24-20(26)12-3-9-17(10-4-12)25-21(27)18-13-1-2-14(11-13)19(18)22(25)28/h1-10,13-14,18-19H,11H2,(H,24,26)/t13-,14+,18-,19+. The first-order valence-corrected chi connectivity index (χ1v) is 9.26. The minimum Gasteiger partial charge on any atom is -0.322 e. The summed E-state index contributed by atoms with van der Waals surface area (Å²) in [6.45, 7) is 0. The van der Waals surface area contributed by atoms with Crippen LogP contribution in [-0.4, -0.2) is 17.7 Å². The summed E-state index contributed by atoms with van der Waals surface area (Å²) in [5.41, 5.74) is 1.35. The first kappa shape index (κ1) is 16.9. The molecule has 0 unspecified atom stereocenters. The molecule has 1 saturated carbocycles. The van der Waals surface area contributed by atoms with Crippen LogP contribution in [0.1, 0.15) is 16.8 Å². The molecule has 0 aromatic heterocycles. The second kappa shape index (κ2) is 6.12. The van der Waals surface area contributed by atoms with Crippen molar-refractivity contribution in [1.29, 1.82) is 0 Å². The lowest BCUT2D eigenvalue weighted by molar-refractivity contribution is -0.123. The van der Waals surface area contributed by atoms with Crippen LogP contribution in [0.5, 0.6) is 0 Å². The molecule has 2 fully saturated rings. The molecule has 1 heterocycles. The van der Waals surface area contributed by atoms with Crippen LogP contribution in [0.25, 0.3) is 0 Å². The van der Waals surface area contributed by atoms with Gasteiger partial charge in [-0.05, 0) is 66.8 Å². The topological polar surface area (TPSA) is 66.5 Å². The van der Waals surface area contributed by atoms with E-state index in [-0.39, 0.29) is 47.2 Å². The van der Waals surface area contributed by atoms with Gasteiger partial charge >= 0.3 is 0 Å². The quantitative estimate of drug-likeness (QED) is 0.660. The lowest BCUT2D eigenvalue weighted by atomic mass is 9.85. The maximum absolute atomic E-state index is 13.0. The molecule has 28 heavy (non-hydrogen) atoms. The molecular weight excluding hydrogens is 359 g/mol. The molecule has 1 N–H and O–H groups in total. The fraction of sp³-hybridized carbons (Fsp3) is 0.227. The van der Waals surface area contributed by atoms with Gasteiger partial charge in [0.05, 0.1) is 17.5 Å². The highest BCUT2D eigenvalue weighted by atomic mass is 19.1. The largest absolute Gasteiger partial charge is 0.322 e. The number of carbonyl (C=O) groups excluding carboxylic acids is 3. The molecule has 3 amide bonds. The fourth-order valence-electron chi connectivity index (χ4n) is 4.66. The van der Waals surface area contributed by atoms with Gasteiger partial charge in [0, 0.05) is 11.3 Å². The van der Waals surface area contributed by atoms with E-state index in [9.17, 15) is 18.8 Å². The number of amides is 3. The van der Waals surface area contributed by atoms with E-state index >= 15 is 0 Å². The summed E-state index contributed by atoms with van der Waals surface area (Å²) in [7, 11) is 0. The first-order chi connectivity index (χ1) is 13.5. The maximum Gasteiger partial charge on any atom is 0.255 e. The Bertz CT molecular complexity index is 983.